The van der Waals surface area contributed by atoms with E-state index in [1.165, 1.54) is 6.33 Å². The SMILES string of the molecule is O=C(c1nn(P)c2ncnc(I)c12)N1CCCC1. The molecule has 0 aromatic carbocycles. The fourth-order valence-electron chi connectivity index (χ4n) is 2.16. The van der Waals surface area contributed by atoms with Crippen molar-refractivity contribution in [3.05, 3.63) is 15.7 Å². The number of nitrogens with zero attached hydrogens (tertiary/aromatic N) is 5. The lowest BCUT2D eigenvalue weighted by Gasteiger charge is -2.13. The van der Waals surface area contributed by atoms with Gasteiger partial charge in [-0.3, -0.25) is 4.79 Å². The molecule has 3 heterocycles. The van der Waals surface area contributed by atoms with E-state index in [0.717, 1.165) is 35.0 Å². The van der Waals surface area contributed by atoms with Gasteiger partial charge in [0.15, 0.2) is 11.3 Å². The molecule has 8 heteroatoms. The van der Waals surface area contributed by atoms with Crippen LogP contribution in [0.25, 0.3) is 11.0 Å². The molecular weight excluding hydrogens is 364 g/mol. The van der Waals surface area contributed by atoms with Crippen LogP contribution in [0.15, 0.2) is 6.33 Å². The van der Waals surface area contributed by atoms with E-state index in [-0.39, 0.29) is 5.91 Å². The van der Waals surface area contributed by atoms with Crippen molar-refractivity contribution in [2.75, 3.05) is 13.1 Å². The molecule has 18 heavy (non-hydrogen) atoms. The molecule has 2 aromatic rings. The molecule has 1 atom stereocenters. The van der Waals surface area contributed by atoms with Crippen LogP contribution in [0.5, 0.6) is 0 Å². The van der Waals surface area contributed by atoms with Gasteiger partial charge in [-0.15, -0.1) is 0 Å². The third-order valence-electron chi connectivity index (χ3n) is 3.04. The minimum Gasteiger partial charge on any atom is -0.337 e. The van der Waals surface area contributed by atoms with Crippen LogP contribution in [0, 0.1) is 3.70 Å². The summed E-state index contributed by atoms with van der Waals surface area (Å²) in [5.41, 5.74) is 1.12. The number of hydrogen-bond donors (Lipinski definition) is 0. The molecule has 0 radical (unpaired) electrons. The Balaban J connectivity index is 2.14. The average Bonchev–Trinajstić information content (AvgIpc) is 2.98. The van der Waals surface area contributed by atoms with Gasteiger partial charge < -0.3 is 4.90 Å². The molecule has 0 spiro atoms. The number of rotatable bonds is 1. The number of likely N-dealkylation sites (tertiary alicyclic amines) is 1. The third kappa shape index (κ3) is 1.89. The molecule has 0 saturated carbocycles. The van der Waals surface area contributed by atoms with E-state index in [1.54, 1.807) is 4.45 Å². The monoisotopic (exact) mass is 375 g/mol. The van der Waals surface area contributed by atoms with Crippen LogP contribution in [0.2, 0.25) is 0 Å². The van der Waals surface area contributed by atoms with Crippen LogP contribution in [0.4, 0.5) is 0 Å². The Kier molecular flexibility index (Phi) is 3.19. The Morgan fingerprint density at radius 1 is 1.33 bits per heavy atom. The molecule has 94 valence electrons. The quantitative estimate of drug-likeness (QED) is 0.428. The summed E-state index contributed by atoms with van der Waals surface area (Å²) in [4.78, 5) is 22.5. The molecular formula is C10H11IN5OP. The maximum Gasteiger partial charge on any atom is 0.275 e. The van der Waals surface area contributed by atoms with E-state index in [4.69, 9.17) is 0 Å². The van der Waals surface area contributed by atoms with E-state index >= 15 is 0 Å². The van der Waals surface area contributed by atoms with Crippen molar-refractivity contribution in [3.8, 4) is 0 Å². The summed E-state index contributed by atoms with van der Waals surface area (Å²) in [7, 11) is 2.45. The highest BCUT2D eigenvalue weighted by Gasteiger charge is 2.26. The first-order chi connectivity index (χ1) is 8.68. The molecule has 0 aliphatic carbocycles. The van der Waals surface area contributed by atoms with Crippen molar-refractivity contribution in [2.24, 2.45) is 0 Å². The minimum absolute atomic E-state index is 0.0218. The zero-order chi connectivity index (χ0) is 12.7. The van der Waals surface area contributed by atoms with Crippen LogP contribution >= 0.6 is 32.0 Å². The van der Waals surface area contributed by atoms with Crippen LogP contribution in [0.1, 0.15) is 23.3 Å². The molecule has 1 amide bonds. The molecule has 1 aliphatic rings. The lowest BCUT2D eigenvalue weighted by atomic mass is 10.3. The molecule has 1 fully saturated rings. The number of hydrogen-bond acceptors (Lipinski definition) is 4. The van der Waals surface area contributed by atoms with Gasteiger partial charge >= 0.3 is 0 Å². The molecule has 3 rings (SSSR count). The van der Waals surface area contributed by atoms with E-state index in [0.29, 0.717) is 11.3 Å². The second kappa shape index (κ2) is 4.70. The van der Waals surface area contributed by atoms with Gasteiger partial charge in [0.2, 0.25) is 0 Å². The molecule has 0 bridgehead atoms. The largest absolute Gasteiger partial charge is 0.337 e. The highest BCUT2D eigenvalue weighted by molar-refractivity contribution is 14.1. The topological polar surface area (TPSA) is 63.9 Å². The van der Waals surface area contributed by atoms with E-state index in [9.17, 15) is 4.79 Å². The fourth-order valence-corrected chi connectivity index (χ4v) is 3.09. The second-order valence-electron chi connectivity index (χ2n) is 4.16. The Hall–Kier alpha value is -0.820. The van der Waals surface area contributed by atoms with Crippen molar-refractivity contribution in [3.63, 3.8) is 0 Å². The normalized spacial score (nSPS) is 15.6. The first kappa shape index (κ1) is 12.2. The van der Waals surface area contributed by atoms with Gasteiger partial charge in [-0.2, -0.15) is 5.10 Å². The highest BCUT2D eigenvalue weighted by atomic mass is 127. The van der Waals surface area contributed by atoms with E-state index in [1.807, 2.05) is 4.90 Å². The number of carbonyl (C=O) groups excluding carboxylic acids is 1. The van der Waals surface area contributed by atoms with Crippen LogP contribution in [-0.4, -0.2) is 43.4 Å². The van der Waals surface area contributed by atoms with Gasteiger partial charge in [-0.05, 0) is 44.8 Å². The summed E-state index contributed by atoms with van der Waals surface area (Å²) in [5.74, 6) is -0.0218. The summed E-state index contributed by atoms with van der Waals surface area (Å²) in [6, 6.07) is 0. The molecule has 2 aromatic heterocycles. The number of amides is 1. The summed E-state index contributed by atoms with van der Waals surface area (Å²) in [5, 5.41) is 5.02. The summed E-state index contributed by atoms with van der Waals surface area (Å²) in [6.45, 7) is 1.63. The van der Waals surface area contributed by atoms with Gasteiger partial charge in [0.1, 0.15) is 10.0 Å². The number of fused-ring (bicyclic) bond motifs is 1. The lowest BCUT2D eigenvalue weighted by molar-refractivity contribution is 0.0788. The Labute approximate surface area is 120 Å². The first-order valence-electron chi connectivity index (χ1n) is 5.62. The lowest BCUT2D eigenvalue weighted by Crippen LogP contribution is -2.28. The predicted molar refractivity (Wildman–Crippen MR) is 78.3 cm³/mol. The average molecular weight is 375 g/mol. The van der Waals surface area contributed by atoms with Crippen molar-refractivity contribution in [1.29, 1.82) is 0 Å². The number of carbonyl (C=O) groups is 1. The van der Waals surface area contributed by atoms with Crippen LogP contribution in [-0.2, 0) is 0 Å². The maximum atomic E-state index is 12.4. The van der Waals surface area contributed by atoms with Gasteiger partial charge in [-0.1, -0.05) is 0 Å². The zero-order valence-corrected chi connectivity index (χ0v) is 12.8. The summed E-state index contributed by atoms with van der Waals surface area (Å²) < 4.78 is 2.32. The Morgan fingerprint density at radius 3 is 2.78 bits per heavy atom. The Bertz CT molecular complexity index is 622. The summed E-state index contributed by atoms with van der Waals surface area (Å²) >= 11 is 2.11. The molecule has 1 saturated heterocycles. The van der Waals surface area contributed by atoms with Crippen molar-refractivity contribution in [2.45, 2.75) is 12.8 Å². The molecule has 6 nitrogen and oxygen atoms in total. The van der Waals surface area contributed by atoms with Crippen LogP contribution in [0.3, 0.4) is 0 Å². The standard InChI is InChI=1S/C10H11IN5OP/c11-8-6-7(10(17)15-3-1-2-4-15)14-16(18)9(6)13-5-12-8/h5H,1-4,18H2. The number of aromatic nitrogens is 4. The maximum absolute atomic E-state index is 12.4. The first-order valence-corrected chi connectivity index (χ1v) is 7.21. The van der Waals surface area contributed by atoms with Gasteiger partial charge in [0, 0.05) is 13.1 Å². The van der Waals surface area contributed by atoms with Gasteiger partial charge in [0.05, 0.1) is 5.39 Å². The predicted octanol–water partition coefficient (Wildman–Crippen LogP) is 1.31. The Morgan fingerprint density at radius 2 is 2.06 bits per heavy atom. The smallest absolute Gasteiger partial charge is 0.275 e. The van der Waals surface area contributed by atoms with Crippen molar-refractivity contribution in [1.82, 2.24) is 24.4 Å². The summed E-state index contributed by atoms with van der Waals surface area (Å²) in [6.07, 6.45) is 3.62. The highest BCUT2D eigenvalue weighted by Crippen LogP contribution is 2.24. The van der Waals surface area contributed by atoms with Crippen molar-refractivity contribution >= 4 is 48.9 Å². The minimum atomic E-state index is -0.0218. The molecule has 1 aliphatic heterocycles. The second-order valence-corrected chi connectivity index (χ2v) is 5.67. The molecule has 0 N–H and O–H groups in total. The van der Waals surface area contributed by atoms with Gasteiger partial charge in [0.25, 0.3) is 5.91 Å². The van der Waals surface area contributed by atoms with Crippen LogP contribution < -0.4 is 0 Å². The number of halogens is 1. The van der Waals surface area contributed by atoms with E-state index < -0.39 is 0 Å². The van der Waals surface area contributed by atoms with E-state index in [2.05, 4.69) is 47.0 Å². The molecule has 1 unspecified atom stereocenters. The zero-order valence-electron chi connectivity index (χ0n) is 9.51. The van der Waals surface area contributed by atoms with Crippen molar-refractivity contribution < 1.29 is 4.79 Å². The fraction of sp³-hybridized carbons (Fsp3) is 0.400. The van der Waals surface area contributed by atoms with Gasteiger partial charge in [-0.25, -0.2) is 14.4 Å². The third-order valence-corrected chi connectivity index (χ3v) is 4.22.